The van der Waals surface area contributed by atoms with E-state index in [4.69, 9.17) is 26.8 Å². The second-order valence-electron chi connectivity index (χ2n) is 4.27. The molecule has 2 rings (SSSR count). The Bertz CT molecular complexity index is 420. The van der Waals surface area contributed by atoms with Gasteiger partial charge >= 0.3 is 0 Å². The van der Waals surface area contributed by atoms with Crippen molar-refractivity contribution in [3.05, 3.63) is 29.3 Å². The zero-order chi connectivity index (χ0) is 13.0. The molecule has 2 N–H and O–H groups in total. The molecule has 1 aliphatic heterocycles. The van der Waals surface area contributed by atoms with Crippen LogP contribution < -0.4 is 10.5 Å². The minimum Gasteiger partial charge on any atom is -0.490 e. The molecule has 0 bridgehead atoms. The molecule has 2 atom stereocenters. The number of rotatable bonds is 5. The highest BCUT2D eigenvalue weighted by atomic mass is 35.5. The van der Waals surface area contributed by atoms with E-state index in [1.165, 1.54) is 0 Å². The summed E-state index contributed by atoms with van der Waals surface area (Å²) >= 11 is 5.83. The van der Waals surface area contributed by atoms with Gasteiger partial charge in [-0.3, -0.25) is 0 Å². The first-order chi connectivity index (χ1) is 8.67. The van der Waals surface area contributed by atoms with Crippen LogP contribution in [0.3, 0.4) is 0 Å². The summed E-state index contributed by atoms with van der Waals surface area (Å²) in [5, 5.41) is 0.706. The van der Waals surface area contributed by atoms with Gasteiger partial charge in [-0.1, -0.05) is 18.5 Å². The Morgan fingerprint density at radius 3 is 2.78 bits per heavy atom. The van der Waals surface area contributed by atoms with Crippen LogP contribution in [0, 0.1) is 0 Å². The second-order valence-corrected chi connectivity index (χ2v) is 4.71. The fourth-order valence-corrected chi connectivity index (χ4v) is 1.99. The Balaban J connectivity index is 1.91. The summed E-state index contributed by atoms with van der Waals surface area (Å²) in [6.07, 6.45) is 1.82. The van der Waals surface area contributed by atoms with Crippen molar-refractivity contribution in [1.82, 2.24) is 0 Å². The normalized spacial score (nSPS) is 20.1. The maximum Gasteiger partial charge on any atom is 0.282 e. The van der Waals surface area contributed by atoms with Gasteiger partial charge in [0.1, 0.15) is 18.5 Å². The molecule has 0 aliphatic carbocycles. The Kier molecular flexibility index (Phi) is 4.31. The number of hydrogen-bond donors (Lipinski definition) is 1. The maximum absolute atomic E-state index is 5.89. The molecule has 98 valence electrons. The monoisotopic (exact) mass is 268 g/mol. The smallest absolute Gasteiger partial charge is 0.282 e. The molecule has 18 heavy (non-hydrogen) atoms. The molecule has 0 aromatic heterocycles. The van der Waals surface area contributed by atoms with Crippen molar-refractivity contribution >= 4 is 17.6 Å². The highest BCUT2D eigenvalue weighted by molar-refractivity contribution is 6.30. The molecule has 0 unspecified atom stereocenters. The third kappa shape index (κ3) is 3.53. The molecule has 1 aromatic rings. The summed E-state index contributed by atoms with van der Waals surface area (Å²) in [6, 6.07) is 7.75. The minimum absolute atomic E-state index is 0.0993. The SMILES string of the molecule is CC[C@@H](C[C@H]1COC(N)=N1)Oc1ccc(Cl)cc1. The predicted molar refractivity (Wildman–Crippen MR) is 72.1 cm³/mol. The molecule has 0 fully saturated rings. The molecular formula is C13H17ClN2O2. The Morgan fingerprint density at radius 2 is 2.22 bits per heavy atom. The lowest BCUT2D eigenvalue weighted by Gasteiger charge is -2.19. The van der Waals surface area contributed by atoms with Gasteiger partial charge in [-0.25, -0.2) is 4.99 Å². The number of hydrogen-bond acceptors (Lipinski definition) is 4. The van der Waals surface area contributed by atoms with Crippen molar-refractivity contribution in [3.63, 3.8) is 0 Å². The highest BCUT2D eigenvalue weighted by Crippen LogP contribution is 2.20. The number of nitrogens with two attached hydrogens (primary N) is 1. The van der Waals surface area contributed by atoms with Crippen LogP contribution in [0.2, 0.25) is 5.02 Å². The largest absolute Gasteiger partial charge is 0.490 e. The van der Waals surface area contributed by atoms with E-state index >= 15 is 0 Å². The molecule has 1 heterocycles. The topological polar surface area (TPSA) is 56.8 Å². The Labute approximate surface area is 112 Å². The van der Waals surface area contributed by atoms with Crippen LogP contribution in [0.25, 0.3) is 0 Å². The molecule has 4 nitrogen and oxygen atoms in total. The number of halogens is 1. The standard InChI is InChI=1S/C13H17ClN2O2/c1-2-11(7-10-8-17-13(15)16-10)18-12-5-3-9(14)4-6-12/h3-6,10-11H,2,7-8H2,1H3,(H2,15,16)/t10-,11-/m0/s1. The Morgan fingerprint density at radius 1 is 1.50 bits per heavy atom. The molecule has 0 radical (unpaired) electrons. The third-order valence-electron chi connectivity index (χ3n) is 2.84. The fraction of sp³-hybridized carbons (Fsp3) is 0.462. The van der Waals surface area contributed by atoms with Crippen LogP contribution in [0.15, 0.2) is 29.3 Å². The lowest BCUT2D eigenvalue weighted by atomic mass is 10.1. The van der Waals surface area contributed by atoms with Gasteiger partial charge in [0.25, 0.3) is 6.02 Å². The quantitative estimate of drug-likeness (QED) is 0.893. The molecule has 0 spiro atoms. The number of nitrogens with zero attached hydrogens (tertiary/aromatic N) is 1. The highest BCUT2D eigenvalue weighted by Gasteiger charge is 2.21. The lowest BCUT2D eigenvalue weighted by molar-refractivity contribution is 0.168. The predicted octanol–water partition coefficient (Wildman–Crippen LogP) is 2.60. The molecule has 0 saturated carbocycles. The van der Waals surface area contributed by atoms with Crippen LogP contribution in [0.5, 0.6) is 5.75 Å². The van der Waals surface area contributed by atoms with Crippen molar-refractivity contribution in [2.45, 2.75) is 31.9 Å². The number of amidine groups is 1. The van der Waals surface area contributed by atoms with Gasteiger partial charge in [0, 0.05) is 11.4 Å². The number of aliphatic imine (C=N–C) groups is 1. The van der Waals surface area contributed by atoms with Crippen molar-refractivity contribution < 1.29 is 9.47 Å². The second kappa shape index (κ2) is 5.96. The van der Waals surface area contributed by atoms with Gasteiger partial charge in [0.05, 0.1) is 6.04 Å². The fourth-order valence-electron chi connectivity index (χ4n) is 1.86. The summed E-state index contributed by atoms with van der Waals surface area (Å²) in [4.78, 5) is 4.20. The first kappa shape index (κ1) is 13.0. The van der Waals surface area contributed by atoms with Gasteiger partial charge in [0.2, 0.25) is 0 Å². The van der Waals surface area contributed by atoms with Gasteiger partial charge in [-0.05, 0) is 30.7 Å². The van der Waals surface area contributed by atoms with Gasteiger partial charge < -0.3 is 15.2 Å². The molecule has 5 heteroatoms. The van der Waals surface area contributed by atoms with Crippen LogP contribution in [0.1, 0.15) is 19.8 Å². The van der Waals surface area contributed by atoms with Crippen molar-refractivity contribution in [3.8, 4) is 5.75 Å². The van der Waals surface area contributed by atoms with Gasteiger partial charge in [0.15, 0.2) is 0 Å². The number of benzene rings is 1. The van der Waals surface area contributed by atoms with Crippen LogP contribution in [-0.4, -0.2) is 24.8 Å². The summed E-state index contributed by atoms with van der Waals surface area (Å²) in [6.45, 7) is 2.63. The van der Waals surface area contributed by atoms with E-state index in [1.807, 2.05) is 24.3 Å². The zero-order valence-corrected chi connectivity index (χ0v) is 11.1. The van der Waals surface area contributed by atoms with Crippen molar-refractivity contribution in [1.29, 1.82) is 0 Å². The maximum atomic E-state index is 5.89. The Hall–Kier alpha value is -1.42. The molecule has 0 amide bonds. The van der Waals surface area contributed by atoms with Crippen molar-refractivity contribution in [2.75, 3.05) is 6.61 Å². The average molecular weight is 269 g/mol. The van der Waals surface area contributed by atoms with E-state index in [-0.39, 0.29) is 18.2 Å². The van der Waals surface area contributed by atoms with E-state index < -0.39 is 0 Å². The summed E-state index contributed by atoms with van der Waals surface area (Å²) in [7, 11) is 0. The van der Waals surface area contributed by atoms with Crippen LogP contribution in [-0.2, 0) is 4.74 Å². The van der Waals surface area contributed by atoms with Crippen LogP contribution >= 0.6 is 11.6 Å². The lowest BCUT2D eigenvalue weighted by Crippen LogP contribution is -2.22. The van der Waals surface area contributed by atoms with Gasteiger partial charge in [-0.15, -0.1) is 0 Å². The van der Waals surface area contributed by atoms with E-state index in [2.05, 4.69) is 11.9 Å². The first-order valence-corrected chi connectivity index (χ1v) is 6.43. The molecule has 0 saturated heterocycles. The average Bonchev–Trinajstić information content (AvgIpc) is 2.77. The summed E-state index contributed by atoms with van der Waals surface area (Å²) in [5.74, 6) is 0.821. The summed E-state index contributed by atoms with van der Waals surface area (Å²) < 4.78 is 11.0. The minimum atomic E-state index is 0.0993. The van der Waals surface area contributed by atoms with Crippen LogP contribution in [0.4, 0.5) is 0 Å². The van der Waals surface area contributed by atoms with Crippen molar-refractivity contribution in [2.24, 2.45) is 10.7 Å². The van der Waals surface area contributed by atoms with E-state index in [1.54, 1.807) is 0 Å². The third-order valence-corrected chi connectivity index (χ3v) is 3.09. The summed E-state index contributed by atoms with van der Waals surface area (Å²) in [5.41, 5.74) is 5.48. The number of ether oxygens (including phenoxy) is 2. The van der Waals surface area contributed by atoms with E-state index in [9.17, 15) is 0 Å². The van der Waals surface area contributed by atoms with E-state index in [0.717, 1.165) is 18.6 Å². The van der Waals surface area contributed by atoms with E-state index in [0.29, 0.717) is 11.6 Å². The van der Waals surface area contributed by atoms with Gasteiger partial charge in [-0.2, -0.15) is 0 Å². The molecular weight excluding hydrogens is 252 g/mol. The zero-order valence-electron chi connectivity index (χ0n) is 10.3. The molecule has 1 aromatic carbocycles. The molecule has 1 aliphatic rings. The first-order valence-electron chi connectivity index (χ1n) is 6.05.